The number of thiazole rings is 1. The van der Waals surface area contributed by atoms with Gasteiger partial charge in [-0.1, -0.05) is 17.4 Å². The lowest BCUT2D eigenvalue weighted by Crippen LogP contribution is -2.34. The molecule has 0 atom stereocenters. The Morgan fingerprint density at radius 1 is 0.909 bits per heavy atom. The fourth-order valence-corrected chi connectivity index (χ4v) is 4.29. The number of anilines is 1. The third-order valence-corrected chi connectivity index (χ3v) is 5.99. The topological polar surface area (TPSA) is 83.0 Å². The molecule has 0 aliphatic rings. The standard InChI is InChI=1S/C24H23N3O5S/c1-29-17-7-9-18(10-8-17)32-15-21(28)27(14-16-6-4-5-13-25-16)24-26-22-19(30-2)11-12-20(31-3)23(22)33-24/h4-13H,14-15H2,1-3H3. The predicted molar refractivity (Wildman–Crippen MR) is 127 cm³/mol. The Morgan fingerprint density at radius 3 is 2.30 bits per heavy atom. The zero-order valence-electron chi connectivity index (χ0n) is 18.5. The van der Waals surface area contributed by atoms with Crippen molar-refractivity contribution in [2.45, 2.75) is 6.54 Å². The summed E-state index contributed by atoms with van der Waals surface area (Å²) in [6, 6.07) is 16.2. The van der Waals surface area contributed by atoms with Crippen molar-refractivity contribution in [2.75, 3.05) is 32.8 Å². The molecule has 0 aliphatic carbocycles. The van der Waals surface area contributed by atoms with Crippen molar-refractivity contribution in [1.29, 1.82) is 0 Å². The monoisotopic (exact) mass is 465 g/mol. The molecule has 0 radical (unpaired) electrons. The lowest BCUT2D eigenvalue weighted by Gasteiger charge is -2.19. The van der Waals surface area contributed by atoms with Crippen molar-refractivity contribution >= 4 is 32.6 Å². The SMILES string of the molecule is COc1ccc(OCC(=O)N(Cc2ccccn2)c2nc3c(OC)ccc(OC)c3s2)cc1. The first kappa shape index (κ1) is 22.3. The summed E-state index contributed by atoms with van der Waals surface area (Å²) in [5.41, 5.74) is 1.36. The van der Waals surface area contributed by atoms with Crippen LogP contribution < -0.4 is 23.8 Å². The van der Waals surface area contributed by atoms with Gasteiger partial charge in [0.05, 0.1) is 33.6 Å². The van der Waals surface area contributed by atoms with Crippen molar-refractivity contribution in [1.82, 2.24) is 9.97 Å². The number of rotatable bonds is 9. The highest BCUT2D eigenvalue weighted by Crippen LogP contribution is 2.40. The number of ether oxygens (including phenoxy) is 4. The van der Waals surface area contributed by atoms with Crippen LogP contribution >= 0.6 is 11.3 Å². The van der Waals surface area contributed by atoms with Gasteiger partial charge in [0.1, 0.15) is 33.2 Å². The number of carbonyl (C=O) groups excluding carboxylic acids is 1. The summed E-state index contributed by atoms with van der Waals surface area (Å²) in [6.07, 6.45) is 1.69. The van der Waals surface area contributed by atoms with E-state index in [1.165, 1.54) is 11.3 Å². The number of methoxy groups -OCH3 is 3. The first-order chi connectivity index (χ1) is 16.1. The number of hydrogen-bond acceptors (Lipinski definition) is 8. The third kappa shape index (κ3) is 4.98. The van der Waals surface area contributed by atoms with E-state index in [9.17, 15) is 4.79 Å². The summed E-state index contributed by atoms with van der Waals surface area (Å²) >= 11 is 1.35. The fraction of sp³-hybridized carbons (Fsp3) is 0.208. The van der Waals surface area contributed by atoms with Crippen LogP contribution in [0.15, 0.2) is 60.8 Å². The number of pyridine rings is 1. The van der Waals surface area contributed by atoms with Gasteiger partial charge in [0.25, 0.3) is 5.91 Å². The molecule has 2 aromatic heterocycles. The van der Waals surface area contributed by atoms with E-state index in [0.29, 0.717) is 33.6 Å². The average Bonchev–Trinajstić information content (AvgIpc) is 3.31. The van der Waals surface area contributed by atoms with E-state index in [4.69, 9.17) is 23.9 Å². The Morgan fingerprint density at radius 2 is 1.64 bits per heavy atom. The van der Waals surface area contributed by atoms with Gasteiger partial charge in [0, 0.05) is 6.20 Å². The molecule has 4 aromatic rings. The zero-order valence-corrected chi connectivity index (χ0v) is 19.3. The van der Waals surface area contributed by atoms with Gasteiger partial charge in [-0.3, -0.25) is 14.7 Å². The fourth-order valence-electron chi connectivity index (χ4n) is 3.20. The second-order valence-corrected chi connectivity index (χ2v) is 7.89. The molecule has 2 heterocycles. The van der Waals surface area contributed by atoms with Crippen molar-refractivity contribution in [2.24, 2.45) is 0 Å². The van der Waals surface area contributed by atoms with Gasteiger partial charge in [-0.05, 0) is 48.5 Å². The molecule has 0 spiro atoms. The van der Waals surface area contributed by atoms with E-state index in [-0.39, 0.29) is 19.1 Å². The molecule has 0 saturated heterocycles. The number of fused-ring (bicyclic) bond motifs is 1. The third-order valence-electron chi connectivity index (χ3n) is 4.90. The highest BCUT2D eigenvalue weighted by atomic mass is 32.1. The van der Waals surface area contributed by atoms with Crippen molar-refractivity contribution in [3.05, 3.63) is 66.5 Å². The smallest absolute Gasteiger partial charge is 0.267 e. The molecule has 2 aromatic carbocycles. The van der Waals surface area contributed by atoms with Gasteiger partial charge in [-0.2, -0.15) is 0 Å². The van der Waals surface area contributed by atoms with Crippen molar-refractivity contribution < 1.29 is 23.7 Å². The van der Waals surface area contributed by atoms with Gasteiger partial charge < -0.3 is 18.9 Å². The van der Waals surface area contributed by atoms with Gasteiger partial charge in [0.15, 0.2) is 11.7 Å². The van der Waals surface area contributed by atoms with Crippen LogP contribution in [-0.2, 0) is 11.3 Å². The Hall–Kier alpha value is -3.85. The van der Waals surface area contributed by atoms with Gasteiger partial charge in [-0.25, -0.2) is 4.98 Å². The van der Waals surface area contributed by atoms with E-state index in [1.807, 2.05) is 24.3 Å². The molecule has 8 nitrogen and oxygen atoms in total. The molecule has 0 fully saturated rings. The summed E-state index contributed by atoms with van der Waals surface area (Å²) in [6.45, 7) is 0.0828. The average molecular weight is 466 g/mol. The van der Waals surface area contributed by atoms with Crippen LogP contribution in [0.25, 0.3) is 10.2 Å². The van der Waals surface area contributed by atoms with E-state index >= 15 is 0 Å². The van der Waals surface area contributed by atoms with Crippen LogP contribution in [0.1, 0.15) is 5.69 Å². The Bertz CT molecular complexity index is 1190. The molecular formula is C24H23N3O5S. The largest absolute Gasteiger partial charge is 0.497 e. The van der Waals surface area contributed by atoms with Gasteiger partial charge in [-0.15, -0.1) is 0 Å². The summed E-state index contributed by atoms with van der Waals surface area (Å²) in [7, 11) is 4.77. The first-order valence-electron chi connectivity index (χ1n) is 10.1. The van der Waals surface area contributed by atoms with E-state index < -0.39 is 0 Å². The molecule has 0 bridgehead atoms. The van der Waals surface area contributed by atoms with Gasteiger partial charge >= 0.3 is 0 Å². The lowest BCUT2D eigenvalue weighted by molar-refractivity contribution is -0.120. The quantitative estimate of drug-likeness (QED) is 0.364. The lowest BCUT2D eigenvalue weighted by atomic mass is 10.3. The van der Waals surface area contributed by atoms with E-state index in [0.717, 1.165) is 10.4 Å². The van der Waals surface area contributed by atoms with E-state index in [2.05, 4.69) is 4.98 Å². The number of benzene rings is 2. The second kappa shape index (κ2) is 10.2. The van der Waals surface area contributed by atoms with Crippen LogP contribution in [0.4, 0.5) is 5.13 Å². The van der Waals surface area contributed by atoms with Crippen LogP contribution in [0, 0.1) is 0 Å². The number of carbonyl (C=O) groups is 1. The summed E-state index contributed by atoms with van der Waals surface area (Å²) in [5.74, 6) is 2.29. The minimum atomic E-state index is -0.256. The maximum absolute atomic E-state index is 13.3. The first-order valence-corrected chi connectivity index (χ1v) is 10.9. The molecular weight excluding hydrogens is 442 g/mol. The molecule has 4 rings (SSSR count). The van der Waals surface area contributed by atoms with Crippen LogP contribution in [0.2, 0.25) is 0 Å². The molecule has 9 heteroatoms. The van der Waals surface area contributed by atoms with Crippen LogP contribution in [-0.4, -0.2) is 43.8 Å². The summed E-state index contributed by atoms with van der Waals surface area (Å²) in [5, 5.41) is 0.502. The van der Waals surface area contributed by atoms with Crippen LogP contribution in [0.3, 0.4) is 0 Å². The minimum Gasteiger partial charge on any atom is -0.497 e. The second-order valence-electron chi connectivity index (χ2n) is 6.91. The predicted octanol–water partition coefficient (Wildman–Crippen LogP) is 4.33. The molecule has 33 heavy (non-hydrogen) atoms. The van der Waals surface area contributed by atoms with E-state index in [1.54, 1.807) is 62.8 Å². The normalized spacial score (nSPS) is 10.6. The number of nitrogens with zero attached hydrogens (tertiary/aromatic N) is 3. The molecule has 0 N–H and O–H groups in total. The number of amides is 1. The molecule has 1 amide bonds. The Labute approximate surface area is 195 Å². The highest BCUT2D eigenvalue weighted by molar-refractivity contribution is 7.22. The Kier molecular flexibility index (Phi) is 6.89. The molecule has 0 saturated carbocycles. The summed E-state index contributed by atoms with van der Waals surface area (Å²) in [4.78, 5) is 23.9. The van der Waals surface area contributed by atoms with Crippen molar-refractivity contribution in [3.8, 4) is 23.0 Å². The molecule has 0 unspecified atom stereocenters. The zero-order chi connectivity index (χ0) is 23.2. The highest BCUT2D eigenvalue weighted by Gasteiger charge is 2.23. The minimum absolute atomic E-state index is 0.163. The van der Waals surface area contributed by atoms with Crippen LogP contribution in [0.5, 0.6) is 23.0 Å². The maximum Gasteiger partial charge on any atom is 0.267 e. The molecule has 0 aliphatic heterocycles. The Balaban J connectivity index is 1.65. The van der Waals surface area contributed by atoms with Crippen molar-refractivity contribution in [3.63, 3.8) is 0 Å². The molecule has 170 valence electrons. The summed E-state index contributed by atoms with van der Waals surface area (Å²) < 4.78 is 22.6. The number of aromatic nitrogens is 2. The maximum atomic E-state index is 13.3. The van der Waals surface area contributed by atoms with Gasteiger partial charge in [0.2, 0.25) is 0 Å². The number of hydrogen-bond donors (Lipinski definition) is 0.